The number of para-hydroxylation sites is 2. The third-order valence-corrected chi connectivity index (χ3v) is 6.49. The highest BCUT2D eigenvalue weighted by molar-refractivity contribution is 6.31. The highest BCUT2D eigenvalue weighted by Crippen LogP contribution is 2.46. The zero-order valence-electron chi connectivity index (χ0n) is 16.6. The highest BCUT2D eigenvalue weighted by Gasteiger charge is 2.54. The average Bonchev–Trinajstić information content (AvgIpc) is 3.66. The minimum atomic E-state index is -0.724. The number of carbonyl (C=O) groups excluding carboxylic acids is 1. The molecule has 5 nitrogen and oxygen atoms in total. The van der Waals surface area contributed by atoms with Crippen molar-refractivity contribution < 1.29 is 14.3 Å². The number of amides is 1. The number of benzene rings is 2. The summed E-state index contributed by atoms with van der Waals surface area (Å²) in [5.74, 6) is 0.783. The molecule has 1 amide bonds. The zero-order chi connectivity index (χ0) is 20.0. The summed E-state index contributed by atoms with van der Waals surface area (Å²) in [6.45, 7) is 1.91. The van der Waals surface area contributed by atoms with Gasteiger partial charge in [0.1, 0.15) is 11.4 Å². The van der Waals surface area contributed by atoms with Crippen molar-refractivity contribution in [2.75, 3.05) is 30.0 Å². The van der Waals surface area contributed by atoms with Crippen molar-refractivity contribution in [2.24, 2.45) is 0 Å². The number of methoxy groups -OCH3 is 1. The average molecular weight is 413 g/mol. The van der Waals surface area contributed by atoms with E-state index >= 15 is 0 Å². The molecule has 2 saturated carbocycles. The second kappa shape index (κ2) is 7.22. The van der Waals surface area contributed by atoms with Crippen LogP contribution in [0.2, 0.25) is 5.02 Å². The number of rotatable bonds is 6. The molecule has 6 heteroatoms. The molecule has 0 radical (unpaired) electrons. The molecular weight excluding hydrogens is 388 g/mol. The standard InChI is InChI=1S/C23H25ClN2O3/c1-28-18-9-6-16(19(24)14-18)15-29-23(10-11-23)22(27)26-13-12-25(17-7-8-17)20-4-2-3-5-21(20)26/h2-6,9,14,17H,7-8,10-13,15H2,1H3. The van der Waals surface area contributed by atoms with Gasteiger partial charge in [-0.1, -0.05) is 29.8 Å². The number of nitrogens with zero attached hydrogens (tertiary/aromatic N) is 2. The van der Waals surface area contributed by atoms with Gasteiger partial charge in [-0.3, -0.25) is 4.79 Å². The van der Waals surface area contributed by atoms with Crippen molar-refractivity contribution >= 4 is 28.9 Å². The number of anilines is 2. The van der Waals surface area contributed by atoms with E-state index in [2.05, 4.69) is 23.1 Å². The Morgan fingerprint density at radius 3 is 2.55 bits per heavy atom. The molecule has 29 heavy (non-hydrogen) atoms. The van der Waals surface area contributed by atoms with Crippen LogP contribution in [0.4, 0.5) is 11.4 Å². The van der Waals surface area contributed by atoms with Crippen LogP contribution in [0.25, 0.3) is 0 Å². The summed E-state index contributed by atoms with van der Waals surface area (Å²) in [4.78, 5) is 17.9. The topological polar surface area (TPSA) is 42.0 Å². The second-order valence-electron chi connectivity index (χ2n) is 8.11. The molecule has 0 bridgehead atoms. The predicted molar refractivity (Wildman–Crippen MR) is 114 cm³/mol. The highest BCUT2D eigenvalue weighted by atomic mass is 35.5. The maximum absolute atomic E-state index is 13.5. The molecule has 0 spiro atoms. The molecule has 0 unspecified atom stereocenters. The fourth-order valence-electron chi connectivity index (χ4n) is 4.13. The van der Waals surface area contributed by atoms with Gasteiger partial charge in [0.2, 0.25) is 0 Å². The lowest BCUT2D eigenvalue weighted by Crippen LogP contribution is -2.49. The van der Waals surface area contributed by atoms with E-state index in [1.807, 2.05) is 23.1 Å². The van der Waals surface area contributed by atoms with E-state index in [1.54, 1.807) is 13.2 Å². The van der Waals surface area contributed by atoms with Gasteiger partial charge in [-0.2, -0.15) is 0 Å². The minimum Gasteiger partial charge on any atom is -0.497 e. The van der Waals surface area contributed by atoms with Crippen LogP contribution in [-0.2, 0) is 16.1 Å². The van der Waals surface area contributed by atoms with Crippen molar-refractivity contribution in [2.45, 2.75) is 43.9 Å². The molecule has 0 saturated heterocycles. The van der Waals surface area contributed by atoms with Gasteiger partial charge in [-0.05, 0) is 55.5 Å². The summed E-state index contributed by atoms with van der Waals surface area (Å²) < 4.78 is 11.4. The van der Waals surface area contributed by atoms with Crippen LogP contribution in [-0.4, -0.2) is 37.7 Å². The Kier molecular flexibility index (Phi) is 4.67. The molecule has 3 aliphatic rings. The van der Waals surface area contributed by atoms with E-state index < -0.39 is 5.60 Å². The van der Waals surface area contributed by atoms with Crippen LogP contribution >= 0.6 is 11.6 Å². The quantitative estimate of drug-likeness (QED) is 0.704. The molecule has 0 atom stereocenters. The van der Waals surface area contributed by atoms with Crippen LogP contribution in [0.15, 0.2) is 42.5 Å². The van der Waals surface area contributed by atoms with Crippen LogP contribution < -0.4 is 14.5 Å². The van der Waals surface area contributed by atoms with Crippen molar-refractivity contribution in [1.29, 1.82) is 0 Å². The van der Waals surface area contributed by atoms with E-state index in [0.717, 1.165) is 30.6 Å². The number of halogens is 1. The minimum absolute atomic E-state index is 0.0741. The lowest BCUT2D eigenvalue weighted by molar-refractivity contribution is -0.133. The fraction of sp³-hybridized carbons (Fsp3) is 0.435. The van der Waals surface area contributed by atoms with Gasteiger partial charge in [0.25, 0.3) is 5.91 Å². The number of carbonyl (C=O) groups is 1. The summed E-state index contributed by atoms with van der Waals surface area (Å²) in [5.41, 5.74) is 2.32. The number of ether oxygens (including phenoxy) is 2. The second-order valence-corrected chi connectivity index (χ2v) is 8.52. The Hall–Kier alpha value is -2.24. The first kappa shape index (κ1) is 18.8. The van der Waals surface area contributed by atoms with Gasteiger partial charge in [0.15, 0.2) is 0 Å². The third kappa shape index (κ3) is 3.47. The maximum Gasteiger partial charge on any atom is 0.259 e. The molecular formula is C23H25ClN2O3. The summed E-state index contributed by atoms with van der Waals surface area (Å²) in [6, 6.07) is 14.4. The summed E-state index contributed by atoms with van der Waals surface area (Å²) in [7, 11) is 1.61. The lowest BCUT2D eigenvalue weighted by atomic mass is 10.1. The SMILES string of the molecule is COc1ccc(COC2(C(=O)N3CCN(C4CC4)c4ccccc43)CC2)c(Cl)c1. The number of hydrogen-bond acceptors (Lipinski definition) is 4. The summed E-state index contributed by atoms with van der Waals surface area (Å²) in [5, 5.41) is 0.594. The van der Waals surface area contributed by atoms with Crippen LogP contribution in [0.3, 0.4) is 0 Å². The number of hydrogen-bond donors (Lipinski definition) is 0. The molecule has 0 aromatic heterocycles. The number of fused-ring (bicyclic) bond motifs is 1. The van der Waals surface area contributed by atoms with Crippen LogP contribution in [0, 0.1) is 0 Å². The van der Waals surface area contributed by atoms with Crippen LogP contribution in [0.1, 0.15) is 31.2 Å². The Balaban J connectivity index is 1.33. The van der Waals surface area contributed by atoms with E-state index in [9.17, 15) is 4.79 Å². The smallest absolute Gasteiger partial charge is 0.259 e. The van der Waals surface area contributed by atoms with E-state index in [-0.39, 0.29) is 5.91 Å². The van der Waals surface area contributed by atoms with E-state index in [1.165, 1.54) is 18.5 Å². The zero-order valence-corrected chi connectivity index (χ0v) is 17.3. The van der Waals surface area contributed by atoms with Gasteiger partial charge in [-0.25, -0.2) is 0 Å². The summed E-state index contributed by atoms with van der Waals surface area (Å²) in [6.07, 6.45) is 4.01. The molecule has 0 N–H and O–H groups in total. The predicted octanol–water partition coefficient (Wildman–Crippen LogP) is 4.41. The van der Waals surface area contributed by atoms with Crippen molar-refractivity contribution in [3.63, 3.8) is 0 Å². The van der Waals surface area contributed by atoms with Gasteiger partial charge in [-0.15, -0.1) is 0 Å². The Bertz CT molecular complexity index is 939. The van der Waals surface area contributed by atoms with Crippen molar-refractivity contribution in [3.8, 4) is 5.75 Å². The summed E-state index contributed by atoms with van der Waals surface area (Å²) >= 11 is 6.34. The Morgan fingerprint density at radius 2 is 1.90 bits per heavy atom. The van der Waals surface area contributed by atoms with E-state index in [4.69, 9.17) is 21.1 Å². The molecule has 152 valence electrons. The van der Waals surface area contributed by atoms with Gasteiger partial charge in [0.05, 0.1) is 25.1 Å². The maximum atomic E-state index is 13.5. The largest absolute Gasteiger partial charge is 0.497 e. The van der Waals surface area contributed by atoms with Crippen molar-refractivity contribution in [1.82, 2.24) is 0 Å². The third-order valence-electron chi connectivity index (χ3n) is 6.14. The van der Waals surface area contributed by atoms with Gasteiger partial charge < -0.3 is 19.3 Å². The monoisotopic (exact) mass is 412 g/mol. The Labute approximate surface area is 176 Å². The molecule has 5 rings (SSSR count). The molecule has 1 heterocycles. The fourth-order valence-corrected chi connectivity index (χ4v) is 4.35. The molecule has 2 aromatic carbocycles. The first-order chi connectivity index (χ1) is 14.1. The molecule has 2 aromatic rings. The lowest BCUT2D eigenvalue weighted by Gasteiger charge is -2.39. The first-order valence-electron chi connectivity index (χ1n) is 10.3. The normalized spacial score (nSPS) is 19.7. The molecule has 2 aliphatic carbocycles. The Morgan fingerprint density at radius 1 is 1.14 bits per heavy atom. The first-order valence-corrected chi connectivity index (χ1v) is 10.6. The molecule has 1 aliphatic heterocycles. The van der Waals surface area contributed by atoms with Gasteiger partial charge >= 0.3 is 0 Å². The van der Waals surface area contributed by atoms with E-state index in [0.29, 0.717) is 30.0 Å². The van der Waals surface area contributed by atoms with Crippen LogP contribution in [0.5, 0.6) is 5.75 Å². The van der Waals surface area contributed by atoms with Gasteiger partial charge in [0, 0.05) is 24.2 Å². The molecule has 2 fully saturated rings. The van der Waals surface area contributed by atoms with Crippen molar-refractivity contribution in [3.05, 3.63) is 53.1 Å².